The fourth-order valence-corrected chi connectivity index (χ4v) is 3.35. The number of ether oxygens (including phenoxy) is 1. The molecule has 144 valence electrons. The number of aromatic nitrogens is 2. The molecule has 2 aliphatic heterocycles. The minimum Gasteiger partial charge on any atom is -0.446 e. The molecule has 0 aromatic carbocycles. The maximum absolute atomic E-state index is 13.0. The van der Waals surface area contributed by atoms with Crippen molar-refractivity contribution in [2.24, 2.45) is 5.10 Å². The van der Waals surface area contributed by atoms with Crippen molar-refractivity contribution in [1.82, 2.24) is 14.4 Å². The Labute approximate surface area is 156 Å². The van der Waals surface area contributed by atoms with Crippen molar-refractivity contribution in [3.05, 3.63) is 40.3 Å². The van der Waals surface area contributed by atoms with Crippen LogP contribution in [-0.4, -0.2) is 58.4 Å². The number of fused-ring (bicyclic) bond motifs is 1. The largest absolute Gasteiger partial charge is 0.446 e. The van der Waals surface area contributed by atoms with Crippen LogP contribution >= 0.6 is 0 Å². The van der Waals surface area contributed by atoms with Gasteiger partial charge in [-0.3, -0.25) is 9.20 Å². The van der Waals surface area contributed by atoms with E-state index in [1.165, 1.54) is 28.5 Å². The van der Waals surface area contributed by atoms with Gasteiger partial charge in [-0.1, -0.05) is 18.9 Å². The smallest absolute Gasteiger partial charge is 0.430 e. The van der Waals surface area contributed by atoms with E-state index in [2.05, 4.69) is 10.0 Å². The van der Waals surface area contributed by atoms with Gasteiger partial charge < -0.3 is 15.1 Å². The van der Waals surface area contributed by atoms with E-state index < -0.39 is 6.09 Å². The molecule has 2 N–H and O–H groups in total. The number of hydrogen-bond donors (Lipinski definition) is 0. The van der Waals surface area contributed by atoms with Gasteiger partial charge in [0.25, 0.3) is 5.56 Å². The number of anilines is 1. The fraction of sp³-hybridized carbons (Fsp3) is 0.444. The van der Waals surface area contributed by atoms with Crippen molar-refractivity contribution < 1.29 is 15.0 Å². The van der Waals surface area contributed by atoms with Crippen LogP contribution < -0.4 is 10.5 Å². The summed E-state index contributed by atoms with van der Waals surface area (Å²) in [5, 5.41) is 5.40. The summed E-state index contributed by atoms with van der Waals surface area (Å²) in [5.41, 5.74) is 0.816. The van der Waals surface area contributed by atoms with Gasteiger partial charge in [0, 0.05) is 19.3 Å². The Morgan fingerprint density at radius 2 is 1.85 bits per heavy atom. The zero-order valence-electron chi connectivity index (χ0n) is 15.0. The maximum Gasteiger partial charge on any atom is 0.430 e. The van der Waals surface area contributed by atoms with Gasteiger partial charge in [0.1, 0.15) is 23.6 Å². The standard InChI is InChI=1S/C18H21N5O3.H2O/c24-17-14(13-19-23-11-12-26-18(23)25)16(21-8-4-1-2-5-9-21)20-15-7-3-6-10-22(15)17;/h3,6-7,10,13H,1-2,4-5,8-9,11-12H2;1H2/b19-13+;. The number of carbonyl (C=O) groups is 1. The summed E-state index contributed by atoms with van der Waals surface area (Å²) in [5.74, 6) is 0.638. The van der Waals surface area contributed by atoms with Crippen LogP contribution in [0.2, 0.25) is 0 Å². The molecule has 0 aliphatic carbocycles. The lowest BCUT2D eigenvalue weighted by atomic mass is 10.2. The summed E-state index contributed by atoms with van der Waals surface area (Å²) < 4.78 is 6.39. The third-order valence-corrected chi connectivity index (χ3v) is 4.72. The first-order valence-electron chi connectivity index (χ1n) is 8.99. The second-order valence-electron chi connectivity index (χ2n) is 6.47. The monoisotopic (exact) mass is 373 g/mol. The summed E-state index contributed by atoms with van der Waals surface area (Å²) in [4.78, 5) is 31.5. The van der Waals surface area contributed by atoms with Gasteiger partial charge in [-0.05, 0) is 25.0 Å². The van der Waals surface area contributed by atoms with E-state index in [1.54, 1.807) is 12.3 Å². The van der Waals surface area contributed by atoms with Gasteiger partial charge in [0.05, 0.1) is 12.8 Å². The van der Waals surface area contributed by atoms with Crippen LogP contribution in [0.25, 0.3) is 5.65 Å². The second-order valence-corrected chi connectivity index (χ2v) is 6.47. The van der Waals surface area contributed by atoms with Crippen LogP contribution in [0.3, 0.4) is 0 Å². The zero-order chi connectivity index (χ0) is 17.9. The first kappa shape index (κ1) is 18.8. The average molecular weight is 373 g/mol. The molecule has 0 radical (unpaired) electrons. The van der Waals surface area contributed by atoms with E-state index in [-0.39, 0.29) is 11.0 Å². The van der Waals surface area contributed by atoms with Gasteiger partial charge in [-0.15, -0.1) is 0 Å². The molecule has 2 aromatic heterocycles. The van der Waals surface area contributed by atoms with Crippen LogP contribution in [0.4, 0.5) is 10.6 Å². The highest BCUT2D eigenvalue weighted by atomic mass is 16.6. The van der Waals surface area contributed by atoms with Crippen LogP contribution in [0.1, 0.15) is 31.2 Å². The SMILES string of the molecule is O.O=C1OCCN1/N=C/c1c(N2CCCCCC2)nc2ccccn2c1=O. The van der Waals surface area contributed by atoms with Crippen molar-refractivity contribution in [3.63, 3.8) is 0 Å². The lowest BCUT2D eigenvalue weighted by Crippen LogP contribution is -2.31. The number of cyclic esters (lactones) is 1. The Kier molecular flexibility index (Phi) is 5.70. The number of hydrazone groups is 1. The third-order valence-electron chi connectivity index (χ3n) is 4.72. The number of pyridine rings is 1. The lowest BCUT2D eigenvalue weighted by Gasteiger charge is -2.23. The Morgan fingerprint density at radius 1 is 1.07 bits per heavy atom. The highest BCUT2D eigenvalue weighted by molar-refractivity contribution is 5.87. The minimum atomic E-state index is -0.494. The van der Waals surface area contributed by atoms with Crippen molar-refractivity contribution in [2.75, 3.05) is 31.1 Å². The third kappa shape index (κ3) is 3.77. The molecule has 2 saturated heterocycles. The molecule has 1 amide bonds. The molecule has 9 heteroatoms. The highest BCUT2D eigenvalue weighted by Gasteiger charge is 2.22. The van der Waals surface area contributed by atoms with E-state index >= 15 is 0 Å². The average Bonchev–Trinajstić information content (AvgIpc) is 2.90. The van der Waals surface area contributed by atoms with Crippen molar-refractivity contribution in [2.45, 2.75) is 25.7 Å². The molecule has 4 heterocycles. The second kappa shape index (κ2) is 8.17. The number of nitrogens with zero attached hydrogens (tertiary/aromatic N) is 5. The summed E-state index contributed by atoms with van der Waals surface area (Å²) in [6, 6.07) is 5.48. The predicted molar refractivity (Wildman–Crippen MR) is 101 cm³/mol. The van der Waals surface area contributed by atoms with E-state index in [0.717, 1.165) is 25.9 Å². The fourth-order valence-electron chi connectivity index (χ4n) is 3.35. The molecule has 27 heavy (non-hydrogen) atoms. The van der Waals surface area contributed by atoms with E-state index in [9.17, 15) is 9.59 Å². The quantitative estimate of drug-likeness (QED) is 0.746. The van der Waals surface area contributed by atoms with Crippen LogP contribution in [0, 0.1) is 0 Å². The first-order chi connectivity index (χ1) is 12.7. The maximum atomic E-state index is 13.0. The molecule has 0 saturated carbocycles. The Morgan fingerprint density at radius 3 is 2.56 bits per heavy atom. The number of rotatable bonds is 3. The Bertz CT molecular complexity index is 902. The van der Waals surface area contributed by atoms with Crippen LogP contribution in [0.15, 0.2) is 34.3 Å². The van der Waals surface area contributed by atoms with Crippen LogP contribution in [0.5, 0.6) is 0 Å². The van der Waals surface area contributed by atoms with Gasteiger partial charge >= 0.3 is 6.09 Å². The number of amides is 1. The molecule has 0 atom stereocenters. The van der Waals surface area contributed by atoms with Gasteiger partial charge in [-0.2, -0.15) is 10.1 Å². The molecule has 0 spiro atoms. The van der Waals surface area contributed by atoms with Crippen molar-refractivity contribution in [3.8, 4) is 0 Å². The summed E-state index contributed by atoms with van der Waals surface area (Å²) in [7, 11) is 0. The lowest BCUT2D eigenvalue weighted by molar-refractivity contribution is 0.159. The molecule has 4 rings (SSSR count). The molecule has 9 nitrogen and oxygen atoms in total. The molecular weight excluding hydrogens is 350 g/mol. The Balaban J connectivity index is 0.00000210. The molecule has 0 unspecified atom stereocenters. The predicted octanol–water partition coefficient (Wildman–Crippen LogP) is 1.04. The Hall–Kier alpha value is -2.94. The molecule has 2 fully saturated rings. The summed E-state index contributed by atoms with van der Waals surface area (Å²) in [6.45, 7) is 2.42. The van der Waals surface area contributed by atoms with E-state index in [4.69, 9.17) is 9.72 Å². The minimum absolute atomic E-state index is 0. The topological polar surface area (TPSA) is 111 Å². The number of carbonyl (C=O) groups excluding carboxylic acids is 1. The molecule has 2 aromatic rings. The van der Waals surface area contributed by atoms with Gasteiger partial charge in [0.15, 0.2) is 0 Å². The highest BCUT2D eigenvalue weighted by Crippen LogP contribution is 2.20. The van der Waals surface area contributed by atoms with E-state index in [1.807, 2.05) is 12.1 Å². The van der Waals surface area contributed by atoms with Gasteiger partial charge in [-0.25, -0.2) is 9.78 Å². The summed E-state index contributed by atoms with van der Waals surface area (Å²) >= 11 is 0. The summed E-state index contributed by atoms with van der Waals surface area (Å²) in [6.07, 6.45) is 7.17. The molecule has 0 bridgehead atoms. The zero-order valence-corrected chi connectivity index (χ0v) is 15.0. The van der Waals surface area contributed by atoms with E-state index in [0.29, 0.717) is 30.2 Å². The molecular formula is C18H23N5O4. The normalized spacial score (nSPS) is 17.9. The molecule has 2 aliphatic rings. The van der Waals surface area contributed by atoms with Crippen molar-refractivity contribution in [1.29, 1.82) is 0 Å². The van der Waals surface area contributed by atoms with Gasteiger partial charge in [0.2, 0.25) is 0 Å². The first-order valence-corrected chi connectivity index (χ1v) is 8.99. The van der Waals surface area contributed by atoms with Crippen LogP contribution in [-0.2, 0) is 4.74 Å². The number of hydrogen-bond acceptors (Lipinski definition) is 6. The van der Waals surface area contributed by atoms with Crippen molar-refractivity contribution >= 4 is 23.8 Å².